The van der Waals surface area contributed by atoms with Crippen LogP contribution in [-0.4, -0.2) is 67.6 Å². The molecule has 4 aromatic rings. The third kappa shape index (κ3) is 4.40. The molecule has 0 bridgehead atoms. The van der Waals surface area contributed by atoms with Gasteiger partial charge in [-0.25, -0.2) is 0 Å². The number of carbonyl (C=O) groups is 2. The third-order valence-electron chi connectivity index (χ3n) is 8.64. The summed E-state index contributed by atoms with van der Waals surface area (Å²) in [6.45, 7) is 3.08. The molecule has 0 fully saturated rings. The van der Waals surface area contributed by atoms with Gasteiger partial charge in [0.05, 0.1) is 47.3 Å². The predicted molar refractivity (Wildman–Crippen MR) is 157 cm³/mol. The van der Waals surface area contributed by atoms with Gasteiger partial charge in [0.2, 0.25) is 0 Å². The Kier molecular flexibility index (Phi) is 6.30. The van der Waals surface area contributed by atoms with Gasteiger partial charge in [-0.2, -0.15) is 0 Å². The predicted octanol–water partition coefficient (Wildman–Crippen LogP) is 4.18. The number of hydrogen-bond acceptors (Lipinski definition) is 10. The summed E-state index contributed by atoms with van der Waals surface area (Å²) >= 11 is 0. The Morgan fingerprint density at radius 1 is 0.651 bits per heavy atom. The molecule has 0 saturated heterocycles. The van der Waals surface area contributed by atoms with Crippen LogP contribution in [0.5, 0.6) is 34.5 Å². The van der Waals surface area contributed by atoms with Crippen molar-refractivity contribution in [3.63, 3.8) is 0 Å². The summed E-state index contributed by atoms with van der Waals surface area (Å²) in [6, 6.07) is 5.88. The van der Waals surface area contributed by atoms with Crippen molar-refractivity contribution < 1.29 is 49.7 Å². The van der Waals surface area contributed by atoms with Gasteiger partial charge in [0.25, 0.3) is 0 Å². The zero-order valence-electron chi connectivity index (χ0n) is 24.2. The molecule has 224 valence electrons. The number of benzene rings is 4. The molecule has 0 unspecified atom stereocenters. The first-order valence-corrected chi connectivity index (χ1v) is 13.8. The van der Waals surface area contributed by atoms with E-state index in [9.17, 15) is 40.2 Å². The smallest absolute Gasteiger partial charge is 0.169 e. The summed E-state index contributed by atoms with van der Waals surface area (Å²) in [5.74, 6) is -1.71. The Hall–Kier alpha value is -4.54. The van der Waals surface area contributed by atoms with E-state index in [-0.39, 0.29) is 99.6 Å². The SMILES string of the molecule is COc1cc(O)c(Cc2c(O)cc(OC)c3c(O)c4c(cc23)C[C@](C)(O)CC4=O)c2cc3c(c(O)c12)C(=O)C[C@](C)(O)C3. The largest absolute Gasteiger partial charge is 0.507 e. The molecular weight excluding hydrogens is 556 g/mol. The summed E-state index contributed by atoms with van der Waals surface area (Å²) in [4.78, 5) is 25.9. The first kappa shape index (κ1) is 28.6. The molecular formula is C33H32O10. The minimum absolute atomic E-state index is 0.0830. The van der Waals surface area contributed by atoms with Crippen molar-refractivity contribution in [2.24, 2.45) is 0 Å². The monoisotopic (exact) mass is 588 g/mol. The lowest BCUT2D eigenvalue weighted by Gasteiger charge is -2.30. The van der Waals surface area contributed by atoms with Gasteiger partial charge in [0.15, 0.2) is 11.6 Å². The van der Waals surface area contributed by atoms with E-state index < -0.39 is 22.8 Å². The molecule has 10 heteroatoms. The number of aromatic hydroxyl groups is 4. The van der Waals surface area contributed by atoms with E-state index in [0.717, 1.165) is 0 Å². The van der Waals surface area contributed by atoms with Crippen LogP contribution < -0.4 is 9.47 Å². The molecule has 2 aliphatic rings. The number of hydrogen-bond donors (Lipinski definition) is 6. The van der Waals surface area contributed by atoms with Crippen molar-refractivity contribution in [2.75, 3.05) is 14.2 Å². The molecule has 0 radical (unpaired) electrons. The van der Waals surface area contributed by atoms with Crippen LogP contribution in [0.4, 0.5) is 0 Å². The lowest BCUT2D eigenvalue weighted by atomic mass is 9.78. The van der Waals surface area contributed by atoms with E-state index in [4.69, 9.17) is 9.47 Å². The van der Waals surface area contributed by atoms with E-state index in [1.54, 1.807) is 12.1 Å². The van der Waals surface area contributed by atoms with Crippen molar-refractivity contribution in [2.45, 2.75) is 57.2 Å². The Labute approximate surface area is 246 Å². The second-order valence-corrected chi connectivity index (χ2v) is 12.2. The molecule has 2 aliphatic carbocycles. The van der Waals surface area contributed by atoms with Crippen LogP contribution in [0.1, 0.15) is 69.7 Å². The van der Waals surface area contributed by atoms with Crippen LogP contribution in [0, 0.1) is 0 Å². The number of rotatable bonds is 4. The van der Waals surface area contributed by atoms with Crippen molar-refractivity contribution >= 4 is 33.1 Å². The lowest BCUT2D eigenvalue weighted by Crippen LogP contribution is -2.35. The van der Waals surface area contributed by atoms with E-state index in [1.807, 2.05) is 0 Å². The quantitative estimate of drug-likeness (QED) is 0.203. The van der Waals surface area contributed by atoms with Gasteiger partial charge >= 0.3 is 0 Å². The molecule has 6 N–H and O–H groups in total. The second kappa shape index (κ2) is 9.48. The molecule has 2 atom stereocenters. The molecule has 0 heterocycles. The highest BCUT2D eigenvalue weighted by atomic mass is 16.5. The number of phenolic OH excluding ortho intramolecular Hbond substituents is 4. The Balaban J connectivity index is 1.65. The summed E-state index contributed by atoms with van der Waals surface area (Å²) in [5, 5.41) is 67.6. The van der Waals surface area contributed by atoms with Crippen molar-refractivity contribution in [3.8, 4) is 34.5 Å². The normalized spacial score (nSPS) is 21.6. The fourth-order valence-corrected chi connectivity index (χ4v) is 6.85. The number of methoxy groups -OCH3 is 2. The van der Waals surface area contributed by atoms with E-state index in [0.29, 0.717) is 21.9 Å². The number of carbonyl (C=O) groups excluding carboxylic acids is 2. The van der Waals surface area contributed by atoms with E-state index >= 15 is 0 Å². The Morgan fingerprint density at radius 3 is 1.37 bits per heavy atom. The highest BCUT2D eigenvalue weighted by Gasteiger charge is 2.38. The third-order valence-corrected chi connectivity index (χ3v) is 8.64. The standard InChI is InChI=1S/C33H32O10/c1-32(40)10-14-5-18-16(20(34)8-24(42-3)28(18)30(38)26(14)22(36)12-32)7-17-19-6-15-11-33(2,41)13-23(37)27(15)31(39)29(19)25(43-4)9-21(17)35/h5-6,8-9,34-35,38-41H,7,10-13H2,1-4H3/t32-,33+. The van der Waals surface area contributed by atoms with Crippen LogP contribution >= 0.6 is 0 Å². The molecule has 0 aliphatic heterocycles. The van der Waals surface area contributed by atoms with Gasteiger partial charge in [-0.3, -0.25) is 9.59 Å². The Bertz CT molecular complexity index is 1760. The summed E-state index contributed by atoms with van der Waals surface area (Å²) in [7, 11) is 2.73. The molecule has 0 amide bonds. The number of Topliss-reactive ketones (excluding diaryl/α,β-unsaturated/α-hetero) is 2. The molecule has 43 heavy (non-hydrogen) atoms. The number of fused-ring (bicyclic) bond motifs is 4. The topological polar surface area (TPSA) is 174 Å². The molecule has 4 aromatic carbocycles. The average Bonchev–Trinajstić information content (AvgIpc) is 2.88. The number of phenols is 4. The van der Waals surface area contributed by atoms with Crippen molar-refractivity contribution in [3.05, 3.63) is 57.6 Å². The summed E-state index contributed by atoms with van der Waals surface area (Å²) in [6.07, 6.45) is -0.286. The van der Waals surface area contributed by atoms with Crippen LogP contribution in [-0.2, 0) is 19.3 Å². The van der Waals surface area contributed by atoms with Crippen LogP contribution in [0.2, 0.25) is 0 Å². The van der Waals surface area contributed by atoms with Gasteiger partial charge in [-0.05, 0) is 47.9 Å². The zero-order valence-corrected chi connectivity index (χ0v) is 24.2. The maximum absolute atomic E-state index is 13.0. The number of aliphatic hydroxyl groups is 2. The van der Waals surface area contributed by atoms with E-state index in [2.05, 4.69) is 0 Å². The van der Waals surface area contributed by atoms with Crippen molar-refractivity contribution in [1.82, 2.24) is 0 Å². The van der Waals surface area contributed by atoms with Gasteiger partial charge in [-0.1, -0.05) is 0 Å². The van der Waals surface area contributed by atoms with Crippen LogP contribution in [0.3, 0.4) is 0 Å². The molecule has 6 rings (SSSR count). The maximum atomic E-state index is 13.0. The van der Waals surface area contributed by atoms with E-state index in [1.165, 1.54) is 40.2 Å². The molecule has 10 nitrogen and oxygen atoms in total. The lowest BCUT2D eigenvalue weighted by molar-refractivity contribution is 0.0396. The first-order valence-electron chi connectivity index (χ1n) is 13.8. The van der Waals surface area contributed by atoms with Crippen LogP contribution in [0.25, 0.3) is 21.5 Å². The Morgan fingerprint density at radius 2 is 1.02 bits per heavy atom. The highest BCUT2D eigenvalue weighted by molar-refractivity contribution is 6.12. The van der Waals surface area contributed by atoms with Gasteiger partial charge < -0.3 is 40.1 Å². The van der Waals surface area contributed by atoms with Gasteiger partial charge in [0, 0.05) is 55.4 Å². The fourth-order valence-electron chi connectivity index (χ4n) is 6.85. The fraction of sp³-hybridized carbons (Fsp3) is 0.333. The first-order chi connectivity index (χ1) is 20.2. The van der Waals surface area contributed by atoms with Gasteiger partial charge in [0.1, 0.15) is 34.5 Å². The van der Waals surface area contributed by atoms with Crippen molar-refractivity contribution in [1.29, 1.82) is 0 Å². The highest BCUT2D eigenvalue weighted by Crippen LogP contribution is 2.50. The second-order valence-electron chi connectivity index (χ2n) is 12.2. The minimum Gasteiger partial charge on any atom is -0.507 e. The summed E-state index contributed by atoms with van der Waals surface area (Å²) in [5.41, 5.74) is -1.15. The summed E-state index contributed by atoms with van der Waals surface area (Å²) < 4.78 is 10.9. The molecule has 0 aromatic heterocycles. The average molecular weight is 589 g/mol. The minimum atomic E-state index is -1.33. The molecule has 0 spiro atoms. The van der Waals surface area contributed by atoms with Crippen LogP contribution in [0.15, 0.2) is 24.3 Å². The maximum Gasteiger partial charge on any atom is 0.169 e. The number of ketones is 2. The number of ether oxygens (including phenoxy) is 2. The molecule has 0 saturated carbocycles. The van der Waals surface area contributed by atoms with Gasteiger partial charge in [-0.15, -0.1) is 0 Å². The zero-order chi connectivity index (χ0) is 31.2.